The van der Waals surface area contributed by atoms with Gasteiger partial charge in [0.25, 0.3) is 10.0 Å². The second-order valence-corrected chi connectivity index (χ2v) is 12.2. The molecule has 2 amide bonds. The summed E-state index contributed by atoms with van der Waals surface area (Å²) in [5.41, 5.74) is 0.783. The first-order chi connectivity index (χ1) is 20.0. The minimum Gasteiger partial charge on any atom is -0.494 e. The molecule has 3 aromatic carbocycles. The zero-order chi connectivity index (χ0) is 30.9. The van der Waals surface area contributed by atoms with E-state index < -0.39 is 34.3 Å². The number of amides is 2. The van der Waals surface area contributed by atoms with Crippen molar-refractivity contribution in [3.63, 3.8) is 0 Å². The van der Waals surface area contributed by atoms with Crippen LogP contribution in [0.1, 0.15) is 39.2 Å². The van der Waals surface area contributed by atoms with Crippen LogP contribution in [0.15, 0.2) is 71.6 Å². The maximum absolute atomic E-state index is 14.0. The van der Waals surface area contributed by atoms with Crippen molar-refractivity contribution < 1.29 is 27.1 Å². The third-order valence-electron chi connectivity index (χ3n) is 6.45. The van der Waals surface area contributed by atoms with Gasteiger partial charge in [0.15, 0.2) is 0 Å². The van der Waals surface area contributed by atoms with E-state index in [1.165, 1.54) is 17.0 Å². The molecule has 1 atom stereocenters. The molecule has 0 aliphatic rings. The molecule has 1 N–H and O–H groups in total. The first-order valence-corrected chi connectivity index (χ1v) is 15.7. The number of benzene rings is 3. The molecule has 0 heterocycles. The lowest BCUT2D eigenvalue weighted by molar-refractivity contribution is -0.139. The summed E-state index contributed by atoms with van der Waals surface area (Å²) in [6.45, 7) is 5.56. The van der Waals surface area contributed by atoms with Gasteiger partial charge in [-0.3, -0.25) is 13.9 Å². The summed E-state index contributed by atoms with van der Waals surface area (Å²) in [7, 11) is -4.33. The molecule has 12 heteroatoms. The number of carbonyl (C=O) groups excluding carboxylic acids is 2. The van der Waals surface area contributed by atoms with Crippen molar-refractivity contribution in [3.05, 3.63) is 88.2 Å². The second-order valence-electron chi connectivity index (χ2n) is 9.48. The van der Waals surface area contributed by atoms with Crippen LogP contribution in [0.4, 0.5) is 10.1 Å². The van der Waals surface area contributed by atoms with Gasteiger partial charge in [0.1, 0.15) is 24.2 Å². The number of hydrogen-bond donors (Lipinski definition) is 1. The van der Waals surface area contributed by atoms with Gasteiger partial charge >= 0.3 is 0 Å². The molecule has 0 aromatic heterocycles. The van der Waals surface area contributed by atoms with E-state index >= 15 is 0 Å². The number of unbranched alkanes of at least 4 members (excludes halogenated alkanes) is 1. The normalized spacial score (nSPS) is 12.0. The molecule has 0 spiro atoms. The summed E-state index contributed by atoms with van der Waals surface area (Å²) in [5.74, 6) is -1.11. The lowest BCUT2D eigenvalue weighted by atomic mass is 10.1. The molecule has 0 radical (unpaired) electrons. The number of halogens is 3. The van der Waals surface area contributed by atoms with E-state index in [1.54, 1.807) is 37.3 Å². The Labute approximate surface area is 256 Å². The highest BCUT2D eigenvalue weighted by molar-refractivity contribution is 7.92. The maximum atomic E-state index is 14.0. The van der Waals surface area contributed by atoms with Crippen LogP contribution in [0.3, 0.4) is 0 Å². The second kappa shape index (κ2) is 15.2. The van der Waals surface area contributed by atoms with Crippen LogP contribution >= 0.6 is 23.2 Å². The van der Waals surface area contributed by atoms with Gasteiger partial charge in [0.05, 0.1) is 27.2 Å². The molecule has 0 aliphatic heterocycles. The number of sulfonamides is 1. The van der Waals surface area contributed by atoms with Crippen molar-refractivity contribution in [1.82, 2.24) is 10.2 Å². The van der Waals surface area contributed by atoms with E-state index in [9.17, 15) is 22.4 Å². The number of nitrogens with one attached hydrogen (secondary N) is 1. The Balaban J connectivity index is 2.02. The molecular formula is C30H34Cl2FN3O5S. The Hall–Kier alpha value is -3.34. The molecule has 3 aromatic rings. The number of nitrogens with zero attached hydrogens (tertiary/aromatic N) is 2. The van der Waals surface area contributed by atoms with E-state index in [0.717, 1.165) is 41.4 Å². The fraction of sp³-hybridized carbons (Fsp3) is 0.333. The first-order valence-electron chi connectivity index (χ1n) is 13.5. The Morgan fingerprint density at radius 2 is 1.64 bits per heavy atom. The number of hydrogen-bond acceptors (Lipinski definition) is 5. The maximum Gasteiger partial charge on any atom is 0.264 e. The molecule has 3 rings (SSSR count). The zero-order valence-corrected chi connectivity index (χ0v) is 26.0. The molecule has 0 bridgehead atoms. The van der Waals surface area contributed by atoms with Crippen molar-refractivity contribution in [2.75, 3.05) is 24.0 Å². The van der Waals surface area contributed by atoms with E-state index in [2.05, 4.69) is 5.32 Å². The molecular weight excluding hydrogens is 604 g/mol. The monoisotopic (exact) mass is 637 g/mol. The highest BCUT2D eigenvalue weighted by atomic mass is 35.5. The Bertz CT molecular complexity index is 1470. The van der Waals surface area contributed by atoms with Gasteiger partial charge in [-0.1, -0.05) is 42.6 Å². The molecule has 0 aliphatic carbocycles. The van der Waals surface area contributed by atoms with Crippen LogP contribution in [0.5, 0.6) is 5.75 Å². The van der Waals surface area contributed by atoms with Crippen LogP contribution in [0.2, 0.25) is 10.0 Å². The van der Waals surface area contributed by atoms with E-state index in [4.69, 9.17) is 27.9 Å². The van der Waals surface area contributed by atoms with E-state index in [1.807, 2.05) is 13.8 Å². The van der Waals surface area contributed by atoms with Crippen molar-refractivity contribution in [2.45, 2.75) is 51.1 Å². The number of rotatable bonds is 14. The summed E-state index contributed by atoms with van der Waals surface area (Å²) in [4.78, 5) is 28.1. The van der Waals surface area contributed by atoms with Gasteiger partial charge < -0.3 is 15.0 Å². The third-order valence-corrected chi connectivity index (χ3v) is 8.98. The van der Waals surface area contributed by atoms with Gasteiger partial charge in [-0.05, 0) is 86.5 Å². The largest absolute Gasteiger partial charge is 0.494 e. The number of carbonyl (C=O) groups is 2. The number of anilines is 1. The summed E-state index contributed by atoms with van der Waals surface area (Å²) in [5, 5.41) is 3.43. The standard InChI is InChI=1S/C30H34Cl2FN3O5S/c1-4-6-17-34-30(38)21(3)35(19-22-7-16-27(31)28(32)18-22)29(37)20-36(24-10-12-25(13-11-24)41-5-2)42(39,40)26-14-8-23(33)9-15-26/h7-16,18,21H,4-6,17,19-20H2,1-3H3,(H,34,38)/t21-/m1/s1. The lowest BCUT2D eigenvalue weighted by Crippen LogP contribution is -2.51. The van der Waals surface area contributed by atoms with E-state index in [-0.39, 0.29) is 28.1 Å². The van der Waals surface area contributed by atoms with Crippen LogP contribution in [-0.4, -0.2) is 50.9 Å². The van der Waals surface area contributed by atoms with Gasteiger partial charge in [0.2, 0.25) is 11.8 Å². The fourth-order valence-electron chi connectivity index (χ4n) is 4.09. The van der Waals surface area contributed by atoms with Crippen molar-refractivity contribution >= 4 is 50.7 Å². The predicted molar refractivity (Wildman–Crippen MR) is 163 cm³/mol. The summed E-state index contributed by atoms with van der Waals surface area (Å²) in [6, 6.07) is 14.4. The third kappa shape index (κ3) is 8.59. The van der Waals surface area contributed by atoms with Crippen LogP contribution < -0.4 is 14.4 Å². The minimum atomic E-state index is -4.33. The topological polar surface area (TPSA) is 96.0 Å². The average Bonchev–Trinajstić information content (AvgIpc) is 2.97. The Morgan fingerprint density at radius 1 is 0.976 bits per heavy atom. The fourth-order valence-corrected chi connectivity index (χ4v) is 5.83. The highest BCUT2D eigenvalue weighted by Gasteiger charge is 2.32. The smallest absolute Gasteiger partial charge is 0.264 e. The average molecular weight is 639 g/mol. The van der Waals surface area contributed by atoms with Crippen LogP contribution in [-0.2, 0) is 26.2 Å². The summed E-state index contributed by atoms with van der Waals surface area (Å²) < 4.78 is 47.7. The molecule has 0 saturated heterocycles. The first kappa shape index (κ1) is 33.2. The quantitative estimate of drug-likeness (QED) is 0.217. The molecule has 0 fully saturated rings. The van der Waals surface area contributed by atoms with Crippen LogP contribution in [0, 0.1) is 5.82 Å². The van der Waals surface area contributed by atoms with Gasteiger partial charge in [-0.15, -0.1) is 0 Å². The lowest BCUT2D eigenvalue weighted by Gasteiger charge is -2.32. The SMILES string of the molecule is CCCCNC(=O)[C@@H](C)N(Cc1ccc(Cl)c(Cl)c1)C(=O)CN(c1ccc(OCC)cc1)S(=O)(=O)c1ccc(F)cc1. The Kier molecular flexibility index (Phi) is 12.0. The van der Waals surface area contributed by atoms with Crippen molar-refractivity contribution in [1.29, 1.82) is 0 Å². The molecule has 42 heavy (non-hydrogen) atoms. The van der Waals surface area contributed by atoms with Gasteiger partial charge in [-0.25, -0.2) is 12.8 Å². The molecule has 0 unspecified atom stereocenters. The molecule has 0 saturated carbocycles. The number of ether oxygens (including phenoxy) is 1. The van der Waals surface area contributed by atoms with E-state index in [0.29, 0.717) is 29.5 Å². The molecule has 226 valence electrons. The predicted octanol–water partition coefficient (Wildman–Crippen LogP) is 6.06. The van der Waals surface area contributed by atoms with Gasteiger partial charge in [0, 0.05) is 13.1 Å². The van der Waals surface area contributed by atoms with Crippen molar-refractivity contribution in [2.24, 2.45) is 0 Å². The van der Waals surface area contributed by atoms with Gasteiger partial charge in [-0.2, -0.15) is 0 Å². The van der Waals surface area contributed by atoms with Crippen molar-refractivity contribution in [3.8, 4) is 5.75 Å². The molecule has 8 nitrogen and oxygen atoms in total. The minimum absolute atomic E-state index is 0.0359. The van der Waals surface area contributed by atoms with Crippen LogP contribution in [0.25, 0.3) is 0 Å². The zero-order valence-electron chi connectivity index (χ0n) is 23.6. The summed E-state index contributed by atoms with van der Waals surface area (Å²) in [6.07, 6.45) is 1.64. The Morgan fingerprint density at radius 3 is 2.24 bits per heavy atom. The highest BCUT2D eigenvalue weighted by Crippen LogP contribution is 2.28. The summed E-state index contributed by atoms with van der Waals surface area (Å²) >= 11 is 12.3.